The van der Waals surface area contributed by atoms with Crippen LogP contribution in [0.15, 0.2) is 18.2 Å². The number of aryl methyl sites for hydroxylation is 1. The van der Waals surface area contributed by atoms with Gasteiger partial charge in [0.2, 0.25) is 0 Å². The van der Waals surface area contributed by atoms with Gasteiger partial charge in [-0.25, -0.2) is 0 Å². The fourth-order valence-electron chi connectivity index (χ4n) is 3.18. The van der Waals surface area contributed by atoms with Crippen LogP contribution in [-0.2, 0) is 27.8 Å². The Morgan fingerprint density at radius 2 is 2.29 bits per heavy atom. The average molecular weight is 232 g/mol. The van der Waals surface area contributed by atoms with Crippen molar-refractivity contribution in [2.45, 2.75) is 31.1 Å². The SMILES string of the molecule is O=C(O)Cc1ccc2c(c1)CCC21CCOC1. The Kier molecular flexibility index (Phi) is 2.44. The lowest BCUT2D eigenvalue weighted by atomic mass is 9.81. The second-order valence-electron chi connectivity index (χ2n) is 5.14. The van der Waals surface area contributed by atoms with Gasteiger partial charge in [0.15, 0.2) is 0 Å². The summed E-state index contributed by atoms with van der Waals surface area (Å²) in [6, 6.07) is 6.14. The van der Waals surface area contributed by atoms with Crippen LogP contribution in [0.5, 0.6) is 0 Å². The summed E-state index contributed by atoms with van der Waals surface area (Å²) >= 11 is 0. The predicted molar refractivity (Wildman–Crippen MR) is 63.2 cm³/mol. The topological polar surface area (TPSA) is 46.5 Å². The second kappa shape index (κ2) is 3.84. The molecular weight excluding hydrogens is 216 g/mol. The van der Waals surface area contributed by atoms with E-state index in [-0.39, 0.29) is 11.8 Å². The average Bonchev–Trinajstić information content (AvgIpc) is 2.88. The molecule has 1 spiro atoms. The van der Waals surface area contributed by atoms with E-state index < -0.39 is 5.97 Å². The van der Waals surface area contributed by atoms with Crippen molar-refractivity contribution in [1.29, 1.82) is 0 Å². The second-order valence-corrected chi connectivity index (χ2v) is 5.14. The molecule has 0 radical (unpaired) electrons. The molecule has 1 atom stereocenters. The van der Waals surface area contributed by atoms with E-state index in [4.69, 9.17) is 9.84 Å². The smallest absolute Gasteiger partial charge is 0.307 e. The van der Waals surface area contributed by atoms with Crippen molar-refractivity contribution < 1.29 is 14.6 Å². The lowest BCUT2D eigenvalue weighted by Gasteiger charge is -2.22. The molecule has 1 aliphatic heterocycles. The van der Waals surface area contributed by atoms with Gasteiger partial charge in [-0.05, 0) is 36.0 Å². The zero-order valence-corrected chi connectivity index (χ0v) is 9.74. The molecule has 1 aromatic rings. The van der Waals surface area contributed by atoms with Crippen LogP contribution < -0.4 is 0 Å². The molecule has 3 nitrogen and oxygen atoms in total. The Morgan fingerprint density at radius 1 is 1.41 bits per heavy atom. The van der Waals surface area contributed by atoms with Gasteiger partial charge >= 0.3 is 5.97 Å². The number of carboxylic acid groups (broad SMARTS) is 1. The molecule has 3 rings (SSSR count). The lowest BCUT2D eigenvalue weighted by molar-refractivity contribution is -0.136. The summed E-state index contributed by atoms with van der Waals surface area (Å²) in [5.74, 6) is -0.762. The highest BCUT2D eigenvalue weighted by Gasteiger charge is 2.41. The third-order valence-electron chi connectivity index (χ3n) is 4.07. The molecule has 0 aromatic heterocycles. The van der Waals surface area contributed by atoms with E-state index in [0.717, 1.165) is 38.0 Å². The van der Waals surface area contributed by atoms with Crippen LogP contribution in [-0.4, -0.2) is 24.3 Å². The molecule has 1 saturated heterocycles. The van der Waals surface area contributed by atoms with Crippen molar-refractivity contribution in [2.24, 2.45) is 0 Å². The van der Waals surface area contributed by atoms with E-state index in [2.05, 4.69) is 12.1 Å². The maximum absolute atomic E-state index is 10.7. The molecule has 3 heteroatoms. The van der Waals surface area contributed by atoms with Crippen molar-refractivity contribution in [3.05, 3.63) is 34.9 Å². The molecule has 1 fully saturated rings. The molecular formula is C14H16O3. The van der Waals surface area contributed by atoms with Gasteiger partial charge in [0, 0.05) is 12.0 Å². The molecule has 1 aliphatic carbocycles. The summed E-state index contributed by atoms with van der Waals surface area (Å²) < 4.78 is 5.54. The fraction of sp³-hybridized carbons (Fsp3) is 0.500. The van der Waals surface area contributed by atoms with Crippen molar-refractivity contribution >= 4 is 5.97 Å². The van der Waals surface area contributed by atoms with Crippen LogP contribution in [0, 0.1) is 0 Å². The van der Waals surface area contributed by atoms with Gasteiger partial charge in [0.1, 0.15) is 0 Å². The molecule has 17 heavy (non-hydrogen) atoms. The summed E-state index contributed by atoms with van der Waals surface area (Å²) in [6.45, 7) is 1.69. The number of fused-ring (bicyclic) bond motifs is 2. The highest BCUT2D eigenvalue weighted by Crippen LogP contribution is 2.44. The van der Waals surface area contributed by atoms with Gasteiger partial charge in [-0.15, -0.1) is 0 Å². The molecule has 2 aliphatic rings. The summed E-state index contributed by atoms with van der Waals surface area (Å²) in [6.07, 6.45) is 3.44. The Morgan fingerprint density at radius 3 is 3.00 bits per heavy atom. The van der Waals surface area contributed by atoms with Crippen LogP contribution in [0.2, 0.25) is 0 Å². The predicted octanol–water partition coefficient (Wildman–Crippen LogP) is 1.92. The fourth-order valence-corrected chi connectivity index (χ4v) is 3.18. The number of carboxylic acids is 1. The normalized spacial score (nSPS) is 26.4. The van der Waals surface area contributed by atoms with Crippen LogP contribution in [0.25, 0.3) is 0 Å². The van der Waals surface area contributed by atoms with E-state index in [1.54, 1.807) is 0 Å². The Labute approximate surface area is 100 Å². The van der Waals surface area contributed by atoms with Crippen molar-refractivity contribution in [1.82, 2.24) is 0 Å². The van der Waals surface area contributed by atoms with E-state index in [9.17, 15) is 4.79 Å². The minimum Gasteiger partial charge on any atom is -0.481 e. The summed E-state index contributed by atoms with van der Waals surface area (Å²) in [5, 5.41) is 8.80. The Balaban J connectivity index is 1.93. The molecule has 0 amide bonds. The first-order chi connectivity index (χ1) is 8.20. The van der Waals surface area contributed by atoms with Gasteiger partial charge in [-0.2, -0.15) is 0 Å². The van der Waals surface area contributed by atoms with Crippen LogP contribution in [0.3, 0.4) is 0 Å². The van der Waals surface area contributed by atoms with Crippen LogP contribution in [0.1, 0.15) is 29.5 Å². The number of benzene rings is 1. The third kappa shape index (κ3) is 1.75. The number of hydrogen-bond donors (Lipinski definition) is 1. The molecule has 1 aromatic carbocycles. The standard InChI is InChI=1S/C14H16O3/c15-13(16)8-10-1-2-12-11(7-10)3-4-14(12)5-6-17-9-14/h1-2,7H,3-6,8-9H2,(H,15,16). The zero-order valence-electron chi connectivity index (χ0n) is 9.74. The first-order valence-corrected chi connectivity index (χ1v) is 6.11. The third-order valence-corrected chi connectivity index (χ3v) is 4.07. The number of rotatable bonds is 2. The zero-order chi connectivity index (χ0) is 11.9. The van der Waals surface area contributed by atoms with E-state index in [0.29, 0.717) is 0 Å². The van der Waals surface area contributed by atoms with Gasteiger partial charge in [0.25, 0.3) is 0 Å². The Hall–Kier alpha value is -1.35. The first-order valence-electron chi connectivity index (χ1n) is 6.11. The highest BCUT2D eigenvalue weighted by atomic mass is 16.5. The largest absolute Gasteiger partial charge is 0.481 e. The molecule has 1 heterocycles. The molecule has 1 unspecified atom stereocenters. The summed E-state index contributed by atoms with van der Waals surface area (Å²) in [7, 11) is 0. The van der Waals surface area contributed by atoms with Gasteiger partial charge in [-0.3, -0.25) is 4.79 Å². The maximum Gasteiger partial charge on any atom is 0.307 e. The summed E-state index contributed by atoms with van der Waals surface area (Å²) in [5.41, 5.74) is 3.86. The van der Waals surface area contributed by atoms with Gasteiger partial charge < -0.3 is 9.84 Å². The minimum atomic E-state index is -0.762. The highest BCUT2D eigenvalue weighted by molar-refractivity contribution is 5.70. The maximum atomic E-state index is 10.7. The minimum absolute atomic E-state index is 0.122. The van der Waals surface area contributed by atoms with Crippen LogP contribution in [0.4, 0.5) is 0 Å². The van der Waals surface area contributed by atoms with Crippen molar-refractivity contribution in [3.63, 3.8) is 0 Å². The molecule has 90 valence electrons. The van der Waals surface area contributed by atoms with Crippen molar-refractivity contribution in [2.75, 3.05) is 13.2 Å². The first kappa shape index (κ1) is 10.8. The van der Waals surface area contributed by atoms with Crippen LogP contribution >= 0.6 is 0 Å². The monoisotopic (exact) mass is 232 g/mol. The number of ether oxygens (including phenoxy) is 1. The van der Waals surface area contributed by atoms with Crippen molar-refractivity contribution in [3.8, 4) is 0 Å². The van der Waals surface area contributed by atoms with E-state index in [1.165, 1.54) is 11.1 Å². The van der Waals surface area contributed by atoms with E-state index in [1.807, 2.05) is 6.07 Å². The molecule has 0 saturated carbocycles. The van der Waals surface area contributed by atoms with Gasteiger partial charge in [0.05, 0.1) is 13.0 Å². The quantitative estimate of drug-likeness (QED) is 0.847. The van der Waals surface area contributed by atoms with E-state index >= 15 is 0 Å². The Bertz CT molecular complexity index is 459. The number of hydrogen-bond acceptors (Lipinski definition) is 2. The number of aliphatic carboxylic acids is 1. The summed E-state index contributed by atoms with van der Waals surface area (Å²) in [4.78, 5) is 10.7. The number of carbonyl (C=O) groups is 1. The molecule has 0 bridgehead atoms. The lowest BCUT2D eigenvalue weighted by Crippen LogP contribution is -2.22. The molecule has 1 N–H and O–H groups in total. The van der Waals surface area contributed by atoms with Gasteiger partial charge in [-0.1, -0.05) is 18.2 Å².